The van der Waals surface area contributed by atoms with Crippen molar-refractivity contribution in [1.82, 2.24) is 5.32 Å². The van der Waals surface area contributed by atoms with Crippen molar-refractivity contribution in [3.05, 3.63) is 0 Å². The molecule has 1 aliphatic carbocycles. The number of hydrogen-bond donors (Lipinski definition) is 2. The van der Waals surface area contributed by atoms with E-state index in [-0.39, 0.29) is 18.6 Å². The molecular weight excluding hydrogens is 164 g/mol. The number of halogens is 2. The van der Waals surface area contributed by atoms with Gasteiger partial charge in [0, 0.05) is 13.2 Å². The second-order valence-electron chi connectivity index (χ2n) is 3.50. The summed E-state index contributed by atoms with van der Waals surface area (Å²) in [4.78, 5) is 0. The minimum atomic E-state index is -2.27. The van der Waals surface area contributed by atoms with E-state index < -0.39 is 6.43 Å². The van der Waals surface area contributed by atoms with Crippen LogP contribution in [0.3, 0.4) is 0 Å². The van der Waals surface area contributed by atoms with Crippen molar-refractivity contribution in [2.24, 2.45) is 5.41 Å². The molecule has 4 heteroatoms. The van der Waals surface area contributed by atoms with E-state index >= 15 is 0 Å². The van der Waals surface area contributed by atoms with Crippen LogP contribution >= 0.6 is 0 Å². The lowest BCUT2D eigenvalue weighted by Gasteiger charge is -2.13. The average Bonchev–Trinajstić information content (AvgIpc) is 2.69. The molecule has 0 atom stereocenters. The van der Waals surface area contributed by atoms with Crippen molar-refractivity contribution in [2.75, 3.05) is 19.7 Å². The van der Waals surface area contributed by atoms with Gasteiger partial charge in [0.15, 0.2) is 0 Å². The van der Waals surface area contributed by atoms with Crippen LogP contribution in [0, 0.1) is 5.41 Å². The third-order valence-corrected chi connectivity index (χ3v) is 2.40. The number of aliphatic hydroxyl groups excluding tert-OH is 1. The van der Waals surface area contributed by atoms with Gasteiger partial charge in [-0.1, -0.05) is 0 Å². The zero-order valence-corrected chi connectivity index (χ0v) is 7.02. The quantitative estimate of drug-likeness (QED) is 0.637. The molecule has 0 radical (unpaired) electrons. The SMILES string of the molecule is OCCC1(CNCC(F)F)CC1. The fourth-order valence-electron chi connectivity index (χ4n) is 1.38. The number of hydrogen-bond acceptors (Lipinski definition) is 2. The van der Waals surface area contributed by atoms with E-state index in [1.165, 1.54) is 0 Å². The summed E-state index contributed by atoms with van der Waals surface area (Å²) in [5.41, 5.74) is 0.143. The van der Waals surface area contributed by atoms with Crippen molar-refractivity contribution in [3.63, 3.8) is 0 Å². The number of rotatable bonds is 6. The van der Waals surface area contributed by atoms with Gasteiger partial charge in [-0.15, -0.1) is 0 Å². The molecule has 0 aliphatic heterocycles. The van der Waals surface area contributed by atoms with Gasteiger partial charge in [0.1, 0.15) is 0 Å². The van der Waals surface area contributed by atoms with E-state index in [0.717, 1.165) is 19.3 Å². The van der Waals surface area contributed by atoms with Crippen LogP contribution in [0.15, 0.2) is 0 Å². The van der Waals surface area contributed by atoms with Gasteiger partial charge in [-0.2, -0.15) is 0 Å². The molecule has 2 nitrogen and oxygen atoms in total. The Kier molecular flexibility index (Phi) is 3.40. The molecular formula is C8H15F2NO. The molecule has 1 rings (SSSR count). The maximum Gasteiger partial charge on any atom is 0.250 e. The molecule has 0 unspecified atom stereocenters. The van der Waals surface area contributed by atoms with Crippen LogP contribution in [0.25, 0.3) is 0 Å². The van der Waals surface area contributed by atoms with Gasteiger partial charge in [-0.05, 0) is 24.7 Å². The fraction of sp³-hybridized carbons (Fsp3) is 1.00. The number of alkyl halides is 2. The fourth-order valence-corrected chi connectivity index (χ4v) is 1.38. The normalized spacial score (nSPS) is 20.0. The molecule has 1 fully saturated rings. The van der Waals surface area contributed by atoms with Crippen molar-refractivity contribution in [2.45, 2.75) is 25.7 Å². The molecule has 0 aromatic rings. The molecule has 1 aliphatic rings. The molecule has 0 heterocycles. The Morgan fingerprint density at radius 1 is 1.42 bits per heavy atom. The third kappa shape index (κ3) is 3.03. The van der Waals surface area contributed by atoms with E-state index in [9.17, 15) is 8.78 Å². The molecule has 0 aromatic heterocycles. The molecule has 0 amide bonds. The Hall–Kier alpha value is -0.220. The van der Waals surface area contributed by atoms with Crippen LogP contribution in [0.4, 0.5) is 8.78 Å². The zero-order valence-electron chi connectivity index (χ0n) is 7.02. The molecule has 0 aromatic carbocycles. The summed E-state index contributed by atoms with van der Waals surface area (Å²) in [6, 6.07) is 0. The average molecular weight is 179 g/mol. The highest BCUT2D eigenvalue weighted by molar-refractivity contribution is 4.94. The van der Waals surface area contributed by atoms with Crippen LogP contribution < -0.4 is 5.32 Å². The van der Waals surface area contributed by atoms with Crippen molar-refractivity contribution >= 4 is 0 Å². The standard InChI is InChI=1S/C8H15F2NO/c9-7(10)5-11-6-8(1-2-8)3-4-12/h7,11-12H,1-6H2. The van der Waals surface area contributed by atoms with Crippen LogP contribution in [0.5, 0.6) is 0 Å². The Bertz CT molecular complexity index is 137. The summed E-state index contributed by atoms with van der Waals surface area (Å²) < 4.78 is 23.4. The van der Waals surface area contributed by atoms with Gasteiger partial charge < -0.3 is 10.4 Å². The lowest BCUT2D eigenvalue weighted by atomic mass is 10.0. The van der Waals surface area contributed by atoms with Crippen LogP contribution in [0.2, 0.25) is 0 Å². The van der Waals surface area contributed by atoms with Gasteiger partial charge in [0.05, 0.1) is 6.54 Å². The molecule has 0 saturated heterocycles. The lowest BCUT2D eigenvalue weighted by Crippen LogP contribution is -2.28. The smallest absolute Gasteiger partial charge is 0.250 e. The minimum absolute atomic E-state index is 0.143. The van der Waals surface area contributed by atoms with Crippen LogP contribution in [-0.2, 0) is 0 Å². The first kappa shape index (κ1) is 9.86. The van der Waals surface area contributed by atoms with Gasteiger partial charge in [0.2, 0.25) is 0 Å². The van der Waals surface area contributed by atoms with E-state index in [1.807, 2.05) is 0 Å². The lowest BCUT2D eigenvalue weighted by molar-refractivity contribution is 0.142. The summed E-state index contributed by atoms with van der Waals surface area (Å²) >= 11 is 0. The number of nitrogens with one attached hydrogen (secondary N) is 1. The Morgan fingerprint density at radius 2 is 2.08 bits per heavy atom. The molecule has 1 saturated carbocycles. The van der Waals surface area contributed by atoms with Crippen molar-refractivity contribution in [3.8, 4) is 0 Å². The highest BCUT2D eigenvalue weighted by Crippen LogP contribution is 2.47. The van der Waals surface area contributed by atoms with Gasteiger partial charge in [-0.25, -0.2) is 8.78 Å². The van der Waals surface area contributed by atoms with Gasteiger partial charge in [-0.3, -0.25) is 0 Å². The summed E-state index contributed by atoms with van der Waals surface area (Å²) in [6.07, 6.45) is 0.589. The van der Waals surface area contributed by atoms with Crippen molar-refractivity contribution in [1.29, 1.82) is 0 Å². The summed E-state index contributed by atoms with van der Waals surface area (Å²) in [6.45, 7) is 0.557. The summed E-state index contributed by atoms with van der Waals surface area (Å²) in [5.74, 6) is 0. The van der Waals surface area contributed by atoms with Crippen LogP contribution in [0.1, 0.15) is 19.3 Å². The Balaban J connectivity index is 2.06. The zero-order chi connectivity index (χ0) is 9.03. The maximum atomic E-state index is 11.7. The summed E-state index contributed by atoms with van der Waals surface area (Å²) in [5, 5.41) is 11.4. The Morgan fingerprint density at radius 3 is 2.50 bits per heavy atom. The molecule has 12 heavy (non-hydrogen) atoms. The van der Waals surface area contributed by atoms with E-state index in [4.69, 9.17) is 5.11 Å². The topological polar surface area (TPSA) is 32.3 Å². The predicted octanol–water partition coefficient (Wildman–Crippen LogP) is 1.00. The number of aliphatic hydroxyl groups is 1. The minimum Gasteiger partial charge on any atom is -0.396 e. The van der Waals surface area contributed by atoms with Gasteiger partial charge >= 0.3 is 0 Å². The summed E-state index contributed by atoms with van der Waals surface area (Å²) in [7, 11) is 0. The first-order valence-electron chi connectivity index (χ1n) is 4.28. The van der Waals surface area contributed by atoms with Crippen LogP contribution in [-0.4, -0.2) is 31.2 Å². The molecule has 72 valence electrons. The Labute approximate surface area is 71.0 Å². The monoisotopic (exact) mass is 179 g/mol. The molecule has 0 spiro atoms. The molecule has 2 N–H and O–H groups in total. The van der Waals surface area contributed by atoms with Gasteiger partial charge in [0.25, 0.3) is 6.43 Å². The predicted molar refractivity (Wildman–Crippen MR) is 42.2 cm³/mol. The second-order valence-corrected chi connectivity index (χ2v) is 3.50. The largest absolute Gasteiger partial charge is 0.396 e. The van der Waals surface area contributed by atoms with E-state index in [1.54, 1.807) is 0 Å². The third-order valence-electron chi connectivity index (χ3n) is 2.40. The maximum absolute atomic E-state index is 11.7. The van der Waals surface area contributed by atoms with Crippen molar-refractivity contribution < 1.29 is 13.9 Å². The second kappa shape index (κ2) is 4.14. The first-order valence-corrected chi connectivity index (χ1v) is 4.28. The first-order chi connectivity index (χ1) is 5.68. The highest BCUT2D eigenvalue weighted by Gasteiger charge is 2.41. The highest BCUT2D eigenvalue weighted by atomic mass is 19.3. The van der Waals surface area contributed by atoms with E-state index in [2.05, 4.69) is 5.32 Å². The molecule has 0 bridgehead atoms. The van der Waals surface area contributed by atoms with E-state index in [0.29, 0.717) is 6.54 Å².